The molecule has 1 fully saturated rings. The van der Waals surface area contributed by atoms with Gasteiger partial charge in [0, 0.05) is 11.6 Å². The molecule has 0 heterocycles. The van der Waals surface area contributed by atoms with E-state index in [9.17, 15) is 10.1 Å². The molecule has 0 spiro atoms. The highest BCUT2D eigenvalue weighted by Crippen LogP contribution is 2.54. The average molecular weight is 246 g/mol. The Morgan fingerprint density at radius 3 is 2.60 bits per heavy atom. The van der Waals surface area contributed by atoms with Crippen molar-refractivity contribution in [1.82, 2.24) is 0 Å². The summed E-state index contributed by atoms with van der Waals surface area (Å²) in [4.78, 5) is 10.4. The van der Waals surface area contributed by atoms with Gasteiger partial charge in [-0.25, -0.2) is 0 Å². The largest absolute Gasteiger partial charge is 0.272 e. The lowest BCUT2D eigenvalue weighted by atomic mass is 10.1. The second-order valence-corrected chi connectivity index (χ2v) is 5.29. The highest BCUT2D eigenvalue weighted by molar-refractivity contribution is 6.50. The summed E-state index contributed by atoms with van der Waals surface area (Å²) in [7, 11) is 0. The van der Waals surface area contributed by atoms with E-state index in [1.165, 1.54) is 6.07 Å². The molecule has 5 heteroatoms. The van der Waals surface area contributed by atoms with Crippen LogP contribution in [0.4, 0.5) is 5.69 Å². The van der Waals surface area contributed by atoms with Gasteiger partial charge in [-0.05, 0) is 18.8 Å². The summed E-state index contributed by atoms with van der Waals surface area (Å²) in [5.41, 5.74) is 0.851. The molecule has 80 valence electrons. The Kier molecular flexibility index (Phi) is 2.61. The molecule has 1 atom stereocenters. The van der Waals surface area contributed by atoms with E-state index < -0.39 is 4.33 Å². The monoisotopic (exact) mass is 245 g/mol. The number of benzene rings is 1. The predicted molar refractivity (Wildman–Crippen MR) is 59.3 cm³/mol. The van der Waals surface area contributed by atoms with E-state index in [0.29, 0.717) is 18.4 Å². The fourth-order valence-corrected chi connectivity index (χ4v) is 2.14. The van der Waals surface area contributed by atoms with E-state index in [1.807, 2.05) is 0 Å². The van der Waals surface area contributed by atoms with Crippen molar-refractivity contribution in [3.63, 3.8) is 0 Å². The van der Waals surface area contributed by atoms with Crippen molar-refractivity contribution in [2.45, 2.75) is 17.2 Å². The molecule has 2 rings (SSSR count). The first-order valence-electron chi connectivity index (χ1n) is 4.61. The second kappa shape index (κ2) is 3.65. The number of nitro groups is 1. The molecule has 1 saturated carbocycles. The summed E-state index contributed by atoms with van der Waals surface area (Å²) in [6.45, 7) is 0. The number of nitrogens with zero attached hydrogens (tertiary/aromatic N) is 1. The summed E-state index contributed by atoms with van der Waals surface area (Å²) >= 11 is 11.8. The third-order valence-corrected chi connectivity index (χ3v) is 3.54. The zero-order chi connectivity index (χ0) is 11.1. The van der Waals surface area contributed by atoms with Crippen molar-refractivity contribution in [1.29, 1.82) is 0 Å². The Morgan fingerprint density at radius 1 is 1.47 bits per heavy atom. The van der Waals surface area contributed by atoms with Gasteiger partial charge in [0.25, 0.3) is 5.69 Å². The van der Waals surface area contributed by atoms with Gasteiger partial charge >= 0.3 is 0 Å². The molecule has 1 aliphatic rings. The lowest BCUT2D eigenvalue weighted by molar-refractivity contribution is -0.385. The smallest absolute Gasteiger partial charge is 0.258 e. The first-order chi connectivity index (χ1) is 7.00. The molecule has 1 aliphatic carbocycles. The molecule has 0 aromatic heterocycles. The van der Waals surface area contributed by atoms with Gasteiger partial charge in [0.1, 0.15) is 4.33 Å². The van der Waals surface area contributed by atoms with E-state index in [-0.39, 0.29) is 16.5 Å². The third kappa shape index (κ3) is 2.24. The molecule has 1 aromatic carbocycles. The molecule has 0 aliphatic heterocycles. The molecule has 1 aromatic rings. The fraction of sp³-hybridized carbons (Fsp3) is 0.400. The molecule has 0 bridgehead atoms. The summed E-state index contributed by atoms with van der Waals surface area (Å²) in [5, 5.41) is 10.7. The first-order valence-corrected chi connectivity index (χ1v) is 5.36. The van der Waals surface area contributed by atoms with Crippen molar-refractivity contribution < 1.29 is 4.92 Å². The van der Waals surface area contributed by atoms with Crippen LogP contribution in [0.5, 0.6) is 0 Å². The van der Waals surface area contributed by atoms with E-state index in [2.05, 4.69) is 0 Å². The van der Waals surface area contributed by atoms with Crippen LogP contribution >= 0.6 is 23.2 Å². The van der Waals surface area contributed by atoms with Crippen LogP contribution in [0, 0.1) is 16.0 Å². The fourth-order valence-electron chi connectivity index (χ4n) is 1.62. The Morgan fingerprint density at radius 2 is 2.07 bits per heavy atom. The van der Waals surface area contributed by atoms with Crippen LogP contribution in [0.25, 0.3) is 0 Å². The number of alkyl halides is 2. The quantitative estimate of drug-likeness (QED) is 0.466. The lowest BCUT2D eigenvalue weighted by Gasteiger charge is -2.02. The maximum atomic E-state index is 10.7. The zero-order valence-corrected chi connectivity index (χ0v) is 9.33. The molecule has 15 heavy (non-hydrogen) atoms. The van der Waals surface area contributed by atoms with Crippen molar-refractivity contribution in [2.24, 2.45) is 5.92 Å². The van der Waals surface area contributed by atoms with Gasteiger partial charge in [0.2, 0.25) is 0 Å². The molecule has 0 unspecified atom stereocenters. The van der Waals surface area contributed by atoms with E-state index in [1.54, 1.807) is 18.2 Å². The maximum Gasteiger partial charge on any atom is 0.272 e. The minimum atomic E-state index is -0.677. The van der Waals surface area contributed by atoms with Crippen LogP contribution in [0.2, 0.25) is 0 Å². The minimum Gasteiger partial charge on any atom is -0.258 e. The van der Waals surface area contributed by atoms with Crippen molar-refractivity contribution in [3.8, 4) is 0 Å². The minimum absolute atomic E-state index is 0.141. The number of para-hydroxylation sites is 1. The van der Waals surface area contributed by atoms with Gasteiger partial charge in [-0.1, -0.05) is 18.2 Å². The number of halogens is 2. The van der Waals surface area contributed by atoms with E-state index in [0.717, 1.165) is 0 Å². The van der Waals surface area contributed by atoms with Crippen LogP contribution in [0.1, 0.15) is 12.0 Å². The first kappa shape index (κ1) is 10.7. The molecule has 0 amide bonds. The van der Waals surface area contributed by atoms with Crippen LogP contribution in [0.3, 0.4) is 0 Å². The van der Waals surface area contributed by atoms with Gasteiger partial charge in [-0.15, -0.1) is 23.2 Å². The molecule has 0 radical (unpaired) electrons. The Balaban J connectivity index is 2.18. The van der Waals surface area contributed by atoms with Crippen LogP contribution < -0.4 is 0 Å². The molecule has 3 nitrogen and oxygen atoms in total. The van der Waals surface area contributed by atoms with Crippen molar-refractivity contribution in [3.05, 3.63) is 39.9 Å². The second-order valence-electron chi connectivity index (χ2n) is 3.75. The molecular weight excluding hydrogens is 237 g/mol. The third-order valence-electron chi connectivity index (χ3n) is 2.61. The highest BCUT2D eigenvalue weighted by atomic mass is 35.5. The van der Waals surface area contributed by atoms with Crippen LogP contribution in [0.15, 0.2) is 24.3 Å². The van der Waals surface area contributed by atoms with Crippen LogP contribution in [-0.4, -0.2) is 9.26 Å². The Bertz CT molecular complexity index is 406. The van der Waals surface area contributed by atoms with Crippen molar-refractivity contribution >= 4 is 28.9 Å². The SMILES string of the molecule is O=[N+]([O-])c1ccccc1C[C@H]1CC1(Cl)Cl. The van der Waals surface area contributed by atoms with E-state index >= 15 is 0 Å². The number of rotatable bonds is 3. The lowest BCUT2D eigenvalue weighted by Crippen LogP contribution is -1.99. The Hall–Kier alpha value is -0.800. The Labute approximate surface area is 97.1 Å². The summed E-state index contributed by atoms with van der Waals surface area (Å²) in [6.07, 6.45) is 1.28. The molecular formula is C10H9Cl2NO2. The number of nitro benzene ring substituents is 1. The summed E-state index contributed by atoms with van der Waals surface area (Å²) < 4.78 is -0.677. The normalized spacial score (nSPS) is 22.4. The summed E-state index contributed by atoms with van der Waals surface area (Å²) in [5.74, 6) is 0.141. The number of hydrogen-bond acceptors (Lipinski definition) is 2. The molecule has 0 saturated heterocycles. The van der Waals surface area contributed by atoms with Crippen molar-refractivity contribution in [2.75, 3.05) is 0 Å². The maximum absolute atomic E-state index is 10.7. The van der Waals surface area contributed by atoms with Gasteiger partial charge < -0.3 is 0 Å². The van der Waals surface area contributed by atoms with Gasteiger partial charge in [-0.3, -0.25) is 10.1 Å². The zero-order valence-electron chi connectivity index (χ0n) is 7.82. The average Bonchev–Trinajstić information content (AvgIpc) is 2.74. The highest BCUT2D eigenvalue weighted by Gasteiger charge is 2.51. The van der Waals surface area contributed by atoms with Gasteiger partial charge in [-0.2, -0.15) is 0 Å². The van der Waals surface area contributed by atoms with Crippen LogP contribution in [-0.2, 0) is 6.42 Å². The number of hydrogen-bond donors (Lipinski definition) is 0. The molecule has 0 N–H and O–H groups in total. The topological polar surface area (TPSA) is 43.1 Å². The predicted octanol–water partition coefficient (Wildman–Crippen LogP) is 3.33. The van der Waals surface area contributed by atoms with E-state index in [4.69, 9.17) is 23.2 Å². The van der Waals surface area contributed by atoms with Gasteiger partial charge in [0.15, 0.2) is 0 Å². The summed E-state index contributed by atoms with van der Waals surface area (Å²) in [6, 6.07) is 6.69. The standard InChI is InChI=1S/C10H9Cl2NO2/c11-10(12)6-8(10)5-7-3-1-2-4-9(7)13(14)15/h1-4,8H,5-6H2/t8-/m0/s1. The van der Waals surface area contributed by atoms with Gasteiger partial charge in [0.05, 0.1) is 4.92 Å².